The van der Waals surface area contributed by atoms with Crippen molar-refractivity contribution in [3.63, 3.8) is 0 Å². The van der Waals surface area contributed by atoms with Crippen LogP contribution in [0.25, 0.3) is 0 Å². The molecule has 0 rings (SSSR count). The normalized spacial score (nSPS) is 14.2. The predicted molar refractivity (Wildman–Crippen MR) is 76.3 cm³/mol. The van der Waals surface area contributed by atoms with E-state index in [2.05, 4.69) is 19.1 Å². The van der Waals surface area contributed by atoms with Crippen molar-refractivity contribution in [2.45, 2.75) is 58.5 Å². The maximum Gasteiger partial charge on any atom is 0.309 e. The van der Waals surface area contributed by atoms with Gasteiger partial charge in [-0.1, -0.05) is 25.5 Å². The molecule has 0 fully saturated rings. The Morgan fingerprint density at radius 2 is 1.90 bits per heavy atom. The van der Waals surface area contributed by atoms with Gasteiger partial charge in [-0.25, -0.2) is 0 Å². The number of rotatable bonds is 11. The molecular formula is C15H26O5. The summed E-state index contributed by atoms with van der Waals surface area (Å²) < 4.78 is 4.99. The zero-order valence-electron chi connectivity index (χ0n) is 12.4. The largest absolute Gasteiger partial charge is 0.481 e. The van der Waals surface area contributed by atoms with Crippen LogP contribution in [0, 0.1) is 5.92 Å². The Morgan fingerprint density at radius 3 is 2.45 bits per heavy atom. The third kappa shape index (κ3) is 9.55. The monoisotopic (exact) mass is 286 g/mol. The molecule has 2 unspecified atom stereocenters. The summed E-state index contributed by atoms with van der Waals surface area (Å²) in [5.74, 6) is -2.18. The van der Waals surface area contributed by atoms with Gasteiger partial charge in [0, 0.05) is 0 Å². The van der Waals surface area contributed by atoms with Crippen molar-refractivity contribution in [1.29, 1.82) is 0 Å². The van der Waals surface area contributed by atoms with Crippen molar-refractivity contribution in [2.75, 3.05) is 6.61 Å². The van der Waals surface area contributed by atoms with E-state index in [9.17, 15) is 9.59 Å². The fraction of sp³-hybridized carbons (Fsp3) is 0.733. The second-order valence-electron chi connectivity index (χ2n) is 4.92. The summed E-state index contributed by atoms with van der Waals surface area (Å²) in [5.41, 5.74) is 0. The van der Waals surface area contributed by atoms with Gasteiger partial charge < -0.3 is 14.9 Å². The zero-order chi connectivity index (χ0) is 15.4. The van der Waals surface area contributed by atoms with Gasteiger partial charge in [-0.05, 0) is 32.6 Å². The minimum absolute atomic E-state index is 0.227. The van der Waals surface area contributed by atoms with E-state index in [4.69, 9.17) is 14.9 Å². The molecule has 0 heterocycles. The molecular weight excluding hydrogens is 260 g/mol. The Bertz CT molecular complexity index is 311. The number of esters is 1. The van der Waals surface area contributed by atoms with E-state index in [0.717, 1.165) is 25.7 Å². The molecule has 0 aromatic heterocycles. The van der Waals surface area contributed by atoms with Gasteiger partial charge in [-0.15, -0.1) is 0 Å². The van der Waals surface area contributed by atoms with Crippen LogP contribution in [0.1, 0.15) is 52.4 Å². The minimum atomic E-state index is -1.01. The van der Waals surface area contributed by atoms with Gasteiger partial charge in [-0.2, -0.15) is 0 Å². The topological polar surface area (TPSA) is 83.8 Å². The molecule has 2 atom stereocenters. The zero-order valence-corrected chi connectivity index (χ0v) is 12.4. The number of carboxylic acid groups (broad SMARTS) is 1. The van der Waals surface area contributed by atoms with Crippen LogP contribution in [0.5, 0.6) is 0 Å². The van der Waals surface area contributed by atoms with Crippen molar-refractivity contribution in [2.24, 2.45) is 5.92 Å². The van der Waals surface area contributed by atoms with Crippen LogP contribution in [0.3, 0.4) is 0 Å². The summed E-state index contributed by atoms with van der Waals surface area (Å²) >= 11 is 0. The number of ether oxygens (including phenoxy) is 1. The number of aliphatic hydroxyl groups excluding tert-OH is 1. The van der Waals surface area contributed by atoms with Crippen molar-refractivity contribution >= 4 is 11.9 Å². The number of carboxylic acids is 1. The van der Waals surface area contributed by atoms with Crippen molar-refractivity contribution in [3.05, 3.63) is 12.2 Å². The predicted octanol–water partition coefficient (Wildman–Crippen LogP) is 2.53. The molecule has 0 saturated carbocycles. The Kier molecular flexibility index (Phi) is 10.7. The first kappa shape index (κ1) is 18.6. The molecule has 0 aliphatic heterocycles. The van der Waals surface area contributed by atoms with E-state index < -0.39 is 24.0 Å². The smallest absolute Gasteiger partial charge is 0.309 e. The molecule has 0 aromatic carbocycles. The molecule has 0 amide bonds. The van der Waals surface area contributed by atoms with Gasteiger partial charge in [0.2, 0.25) is 0 Å². The fourth-order valence-electron chi connectivity index (χ4n) is 1.73. The molecule has 0 spiro atoms. The van der Waals surface area contributed by atoms with Crippen LogP contribution in [-0.2, 0) is 14.3 Å². The second kappa shape index (κ2) is 11.5. The Labute approximate surface area is 120 Å². The molecule has 0 saturated heterocycles. The average molecular weight is 286 g/mol. The standard InChI is InChI=1S/C15H26O5/c1-3-4-5-6-7-8-9-13(10-14(17)18)15(19)20-12(2)11-16/h5-6,12-13,16H,3-4,7-11H2,1-2H3,(H,17,18)/b6-5+. The summed E-state index contributed by atoms with van der Waals surface area (Å²) in [4.78, 5) is 22.6. The summed E-state index contributed by atoms with van der Waals surface area (Å²) in [6, 6.07) is 0. The quantitative estimate of drug-likeness (QED) is 0.346. The molecule has 20 heavy (non-hydrogen) atoms. The molecule has 0 aromatic rings. The van der Waals surface area contributed by atoms with E-state index in [1.807, 2.05) is 0 Å². The highest BCUT2D eigenvalue weighted by molar-refractivity contribution is 5.79. The van der Waals surface area contributed by atoms with Crippen molar-refractivity contribution < 1.29 is 24.5 Å². The number of carbonyl (C=O) groups excluding carboxylic acids is 1. The lowest BCUT2D eigenvalue weighted by Gasteiger charge is -2.16. The van der Waals surface area contributed by atoms with Gasteiger partial charge in [0.05, 0.1) is 18.9 Å². The van der Waals surface area contributed by atoms with Gasteiger partial charge in [0.25, 0.3) is 0 Å². The van der Waals surface area contributed by atoms with Crippen LogP contribution >= 0.6 is 0 Å². The van der Waals surface area contributed by atoms with Gasteiger partial charge in [-0.3, -0.25) is 9.59 Å². The van der Waals surface area contributed by atoms with Crippen molar-refractivity contribution in [3.8, 4) is 0 Å². The first-order chi connectivity index (χ1) is 9.51. The summed E-state index contributed by atoms with van der Waals surface area (Å²) in [6.45, 7) is 3.42. The summed E-state index contributed by atoms with van der Waals surface area (Å²) in [6.07, 6.45) is 7.54. The number of aliphatic hydroxyl groups is 1. The minimum Gasteiger partial charge on any atom is -0.481 e. The average Bonchev–Trinajstić information content (AvgIpc) is 2.40. The fourth-order valence-corrected chi connectivity index (χ4v) is 1.73. The molecule has 116 valence electrons. The highest BCUT2D eigenvalue weighted by atomic mass is 16.6. The van der Waals surface area contributed by atoms with Crippen LogP contribution in [0.2, 0.25) is 0 Å². The molecule has 5 nitrogen and oxygen atoms in total. The highest BCUT2D eigenvalue weighted by Gasteiger charge is 2.24. The number of hydrogen-bond donors (Lipinski definition) is 2. The van der Waals surface area contributed by atoms with Crippen LogP contribution < -0.4 is 0 Å². The van der Waals surface area contributed by atoms with E-state index in [-0.39, 0.29) is 13.0 Å². The molecule has 0 aliphatic rings. The van der Waals surface area contributed by atoms with Crippen LogP contribution in [0.4, 0.5) is 0 Å². The lowest BCUT2D eigenvalue weighted by atomic mass is 9.98. The van der Waals surface area contributed by atoms with Gasteiger partial charge in [0.1, 0.15) is 6.10 Å². The van der Waals surface area contributed by atoms with E-state index >= 15 is 0 Å². The lowest BCUT2D eigenvalue weighted by molar-refractivity contribution is -0.158. The number of hydrogen-bond acceptors (Lipinski definition) is 4. The Hall–Kier alpha value is -1.36. The molecule has 0 radical (unpaired) electrons. The molecule has 0 aliphatic carbocycles. The maximum absolute atomic E-state index is 11.8. The molecule has 0 bridgehead atoms. The Balaban J connectivity index is 4.20. The van der Waals surface area contributed by atoms with Gasteiger partial charge >= 0.3 is 11.9 Å². The van der Waals surface area contributed by atoms with E-state index in [1.54, 1.807) is 6.92 Å². The molecule has 2 N–H and O–H groups in total. The third-order valence-corrected chi connectivity index (χ3v) is 2.87. The Morgan fingerprint density at radius 1 is 1.25 bits per heavy atom. The number of aliphatic carboxylic acids is 1. The van der Waals surface area contributed by atoms with Crippen molar-refractivity contribution in [1.82, 2.24) is 0 Å². The van der Waals surface area contributed by atoms with E-state index in [1.165, 1.54) is 0 Å². The third-order valence-electron chi connectivity index (χ3n) is 2.87. The maximum atomic E-state index is 11.8. The first-order valence-electron chi connectivity index (χ1n) is 7.19. The van der Waals surface area contributed by atoms with Crippen LogP contribution in [-0.4, -0.2) is 34.9 Å². The highest BCUT2D eigenvalue weighted by Crippen LogP contribution is 2.16. The molecule has 5 heteroatoms. The first-order valence-corrected chi connectivity index (χ1v) is 7.19. The number of allylic oxidation sites excluding steroid dienone is 2. The SMILES string of the molecule is CCC/C=C/CCCC(CC(=O)O)C(=O)OC(C)CO. The number of unbranched alkanes of at least 4 members (excludes halogenated alkanes) is 2. The summed E-state index contributed by atoms with van der Waals surface area (Å²) in [5, 5.41) is 17.7. The number of carbonyl (C=O) groups is 2. The summed E-state index contributed by atoms with van der Waals surface area (Å²) in [7, 11) is 0. The second-order valence-corrected chi connectivity index (χ2v) is 4.92. The van der Waals surface area contributed by atoms with Crippen LogP contribution in [0.15, 0.2) is 12.2 Å². The van der Waals surface area contributed by atoms with Gasteiger partial charge in [0.15, 0.2) is 0 Å². The lowest BCUT2D eigenvalue weighted by Crippen LogP contribution is -2.26. The van der Waals surface area contributed by atoms with E-state index in [0.29, 0.717) is 6.42 Å².